The average Bonchev–Trinajstić information content (AvgIpc) is 2.74. The third-order valence-electron chi connectivity index (χ3n) is 4.77. The van der Waals surface area contributed by atoms with Gasteiger partial charge in [0.05, 0.1) is 22.3 Å². The number of piperidine rings is 1. The van der Waals surface area contributed by atoms with E-state index >= 15 is 0 Å². The summed E-state index contributed by atoms with van der Waals surface area (Å²) in [6.45, 7) is 1.52. The third-order valence-corrected chi connectivity index (χ3v) is 4.77. The number of benzene rings is 1. The molecule has 2 amide bonds. The molecule has 4 rings (SSSR count). The van der Waals surface area contributed by atoms with Gasteiger partial charge in [-0.1, -0.05) is 18.2 Å². The van der Waals surface area contributed by atoms with Crippen molar-refractivity contribution in [1.29, 1.82) is 0 Å². The van der Waals surface area contributed by atoms with Gasteiger partial charge in [0.1, 0.15) is 0 Å². The summed E-state index contributed by atoms with van der Waals surface area (Å²) < 4.78 is 0. The molecule has 1 aromatic carbocycles. The molecular weight excluding hydrogens is 340 g/mol. The molecule has 0 aliphatic carbocycles. The van der Waals surface area contributed by atoms with Crippen molar-refractivity contribution in [2.24, 2.45) is 0 Å². The van der Waals surface area contributed by atoms with Crippen LogP contribution in [0.5, 0.6) is 0 Å². The predicted octanol–water partition coefficient (Wildman–Crippen LogP) is 3.51. The van der Waals surface area contributed by atoms with E-state index in [-0.39, 0.29) is 11.8 Å². The van der Waals surface area contributed by atoms with Crippen molar-refractivity contribution in [3.63, 3.8) is 0 Å². The second-order valence-corrected chi connectivity index (χ2v) is 6.65. The normalized spacial score (nSPS) is 14.1. The van der Waals surface area contributed by atoms with Crippen LogP contribution in [0.15, 0.2) is 55.0 Å². The maximum Gasteiger partial charge on any atom is 0.257 e. The van der Waals surface area contributed by atoms with Crippen molar-refractivity contribution in [3.05, 3.63) is 66.1 Å². The minimum Gasteiger partial charge on any atom is -0.339 e. The monoisotopic (exact) mass is 360 g/mol. The van der Waals surface area contributed by atoms with Gasteiger partial charge in [0.25, 0.3) is 11.8 Å². The number of rotatable bonds is 3. The SMILES string of the molecule is O=C(Nc1cccc2cccnc12)c1cncc(C(=O)N2CCCCC2)c1. The molecule has 0 radical (unpaired) electrons. The molecule has 0 saturated carbocycles. The number of carbonyl (C=O) groups is 2. The molecule has 1 saturated heterocycles. The van der Waals surface area contributed by atoms with Crippen LogP contribution in [-0.2, 0) is 0 Å². The highest BCUT2D eigenvalue weighted by Crippen LogP contribution is 2.21. The van der Waals surface area contributed by atoms with Gasteiger partial charge in [0.15, 0.2) is 0 Å². The van der Waals surface area contributed by atoms with E-state index in [2.05, 4.69) is 15.3 Å². The number of nitrogens with zero attached hydrogens (tertiary/aromatic N) is 3. The molecule has 3 aromatic rings. The van der Waals surface area contributed by atoms with Gasteiger partial charge in [-0.2, -0.15) is 0 Å². The number of hydrogen-bond donors (Lipinski definition) is 1. The largest absolute Gasteiger partial charge is 0.339 e. The second-order valence-electron chi connectivity index (χ2n) is 6.65. The maximum atomic E-state index is 12.7. The minimum atomic E-state index is -0.311. The summed E-state index contributed by atoms with van der Waals surface area (Å²) in [4.78, 5) is 35.6. The van der Waals surface area contributed by atoms with Crippen LogP contribution in [0.4, 0.5) is 5.69 Å². The van der Waals surface area contributed by atoms with E-state index < -0.39 is 0 Å². The smallest absolute Gasteiger partial charge is 0.257 e. The number of hydrogen-bond acceptors (Lipinski definition) is 4. The summed E-state index contributed by atoms with van der Waals surface area (Å²) in [5, 5.41) is 3.83. The van der Waals surface area contributed by atoms with Crippen molar-refractivity contribution in [3.8, 4) is 0 Å². The van der Waals surface area contributed by atoms with Gasteiger partial charge < -0.3 is 10.2 Å². The van der Waals surface area contributed by atoms with Crippen LogP contribution in [-0.4, -0.2) is 39.8 Å². The van der Waals surface area contributed by atoms with Crippen molar-refractivity contribution in [2.75, 3.05) is 18.4 Å². The van der Waals surface area contributed by atoms with E-state index in [1.54, 1.807) is 12.3 Å². The fraction of sp³-hybridized carbons (Fsp3) is 0.238. The highest BCUT2D eigenvalue weighted by Gasteiger charge is 2.20. The van der Waals surface area contributed by atoms with Crippen molar-refractivity contribution in [1.82, 2.24) is 14.9 Å². The molecule has 0 unspecified atom stereocenters. The van der Waals surface area contributed by atoms with E-state index in [0.29, 0.717) is 16.8 Å². The number of fused-ring (bicyclic) bond motifs is 1. The Kier molecular flexibility index (Phi) is 4.78. The first-order valence-corrected chi connectivity index (χ1v) is 9.12. The lowest BCUT2D eigenvalue weighted by molar-refractivity contribution is 0.0724. The first kappa shape index (κ1) is 17.1. The standard InChI is InChI=1S/C21H20N4O2/c26-20(24-18-8-4-6-15-7-5-9-23-19(15)18)16-12-17(14-22-13-16)21(27)25-10-2-1-3-11-25/h4-9,12-14H,1-3,10-11H2,(H,24,26). The number of amides is 2. The van der Waals surface area contributed by atoms with E-state index in [4.69, 9.17) is 0 Å². The van der Waals surface area contributed by atoms with E-state index in [9.17, 15) is 9.59 Å². The lowest BCUT2D eigenvalue weighted by atomic mass is 10.1. The van der Waals surface area contributed by atoms with Crippen molar-refractivity contribution in [2.45, 2.75) is 19.3 Å². The molecule has 2 aromatic heterocycles. The molecule has 1 fully saturated rings. The number of carbonyl (C=O) groups excluding carboxylic acids is 2. The number of para-hydroxylation sites is 1. The molecule has 6 heteroatoms. The Morgan fingerprint density at radius 2 is 1.74 bits per heavy atom. The summed E-state index contributed by atoms with van der Waals surface area (Å²) in [7, 11) is 0. The Labute approximate surface area is 157 Å². The number of aromatic nitrogens is 2. The summed E-state index contributed by atoms with van der Waals surface area (Å²) in [6.07, 6.45) is 7.88. The Morgan fingerprint density at radius 1 is 0.963 bits per heavy atom. The lowest BCUT2D eigenvalue weighted by Gasteiger charge is -2.26. The third kappa shape index (κ3) is 3.65. The molecule has 27 heavy (non-hydrogen) atoms. The van der Waals surface area contributed by atoms with Gasteiger partial charge in [-0.05, 0) is 37.5 Å². The van der Waals surface area contributed by atoms with Gasteiger partial charge in [-0.25, -0.2) is 0 Å². The molecule has 3 heterocycles. The number of pyridine rings is 2. The number of nitrogens with one attached hydrogen (secondary N) is 1. The zero-order chi connectivity index (χ0) is 18.6. The summed E-state index contributed by atoms with van der Waals surface area (Å²) in [5.41, 5.74) is 2.15. The van der Waals surface area contributed by atoms with Crippen LogP contribution >= 0.6 is 0 Å². The quantitative estimate of drug-likeness (QED) is 0.776. The fourth-order valence-corrected chi connectivity index (χ4v) is 3.36. The number of likely N-dealkylation sites (tertiary alicyclic amines) is 1. The Bertz CT molecular complexity index is 991. The fourth-order valence-electron chi connectivity index (χ4n) is 3.36. The van der Waals surface area contributed by atoms with Crippen molar-refractivity contribution >= 4 is 28.4 Å². The molecule has 0 bridgehead atoms. The molecule has 136 valence electrons. The van der Waals surface area contributed by atoms with E-state index in [1.807, 2.05) is 35.2 Å². The van der Waals surface area contributed by atoms with Crippen LogP contribution in [0.1, 0.15) is 40.0 Å². The lowest BCUT2D eigenvalue weighted by Crippen LogP contribution is -2.35. The number of anilines is 1. The molecule has 0 spiro atoms. The molecule has 6 nitrogen and oxygen atoms in total. The Morgan fingerprint density at radius 3 is 2.59 bits per heavy atom. The summed E-state index contributed by atoms with van der Waals surface area (Å²) >= 11 is 0. The highest BCUT2D eigenvalue weighted by atomic mass is 16.2. The zero-order valence-electron chi connectivity index (χ0n) is 14.9. The minimum absolute atomic E-state index is 0.0660. The van der Waals surface area contributed by atoms with Crippen LogP contribution in [0.25, 0.3) is 10.9 Å². The van der Waals surface area contributed by atoms with Crippen LogP contribution in [0.3, 0.4) is 0 Å². The van der Waals surface area contributed by atoms with Crippen LogP contribution < -0.4 is 5.32 Å². The van der Waals surface area contributed by atoms with E-state index in [1.165, 1.54) is 12.4 Å². The topological polar surface area (TPSA) is 75.2 Å². The van der Waals surface area contributed by atoms with Gasteiger partial charge in [-0.3, -0.25) is 19.6 Å². The Balaban J connectivity index is 1.56. The van der Waals surface area contributed by atoms with Gasteiger partial charge in [0.2, 0.25) is 0 Å². The average molecular weight is 360 g/mol. The first-order valence-electron chi connectivity index (χ1n) is 9.12. The van der Waals surface area contributed by atoms with Crippen LogP contribution in [0.2, 0.25) is 0 Å². The van der Waals surface area contributed by atoms with Gasteiger partial charge in [0, 0.05) is 37.1 Å². The maximum absolute atomic E-state index is 12.7. The van der Waals surface area contributed by atoms with E-state index in [0.717, 1.165) is 43.3 Å². The Hall–Kier alpha value is -3.28. The molecular formula is C21H20N4O2. The summed E-state index contributed by atoms with van der Waals surface area (Å²) in [5.74, 6) is -0.377. The highest BCUT2D eigenvalue weighted by molar-refractivity contribution is 6.09. The van der Waals surface area contributed by atoms with Gasteiger partial charge in [-0.15, -0.1) is 0 Å². The second kappa shape index (κ2) is 7.53. The molecule has 1 aliphatic rings. The predicted molar refractivity (Wildman–Crippen MR) is 104 cm³/mol. The molecule has 1 N–H and O–H groups in total. The van der Waals surface area contributed by atoms with Crippen molar-refractivity contribution < 1.29 is 9.59 Å². The molecule has 1 aliphatic heterocycles. The van der Waals surface area contributed by atoms with Crippen LogP contribution in [0, 0.1) is 0 Å². The zero-order valence-corrected chi connectivity index (χ0v) is 14.9. The summed E-state index contributed by atoms with van der Waals surface area (Å²) in [6, 6.07) is 11.0. The van der Waals surface area contributed by atoms with Gasteiger partial charge >= 0.3 is 0 Å². The first-order chi connectivity index (χ1) is 13.2. The molecule has 0 atom stereocenters.